The summed E-state index contributed by atoms with van der Waals surface area (Å²) < 4.78 is 5.45. The molecule has 4 rings (SSSR count). The fraction of sp³-hybridized carbons (Fsp3) is 0.158. The number of carboxylic acids is 1. The van der Waals surface area contributed by atoms with Gasteiger partial charge in [-0.15, -0.1) is 5.10 Å². The standard InChI is InChI=1S/C19H16N4O4S/c1-28-19-21-18(26)16-11-6-2-4-8-13(11)20-17(23(16)22-19)12-7-3-5-9-14(12)27-10-15(24)25/h2-9,17H,10H2,1H3,(H,24,25)(H,21,22,26). The molecule has 0 bridgehead atoms. The van der Waals surface area contributed by atoms with Crippen molar-refractivity contribution < 1.29 is 19.4 Å². The molecule has 0 fully saturated rings. The number of amides is 1. The van der Waals surface area contributed by atoms with Crippen molar-refractivity contribution in [2.75, 3.05) is 12.9 Å². The summed E-state index contributed by atoms with van der Waals surface area (Å²) in [5.41, 5.74) is 1.01. The number of carbonyl (C=O) groups excluding carboxylic acids is 1. The first kappa shape index (κ1) is 18.1. The van der Waals surface area contributed by atoms with Gasteiger partial charge in [0.2, 0.25) is 0 Å². The molecule has 1 unspecified atom stereocenters. The van der Waals surface area contributed by atoms with Gasteiger partial charge >= 0.3 is 5.97 Å². The second-order valence-corrected chi connectivity index (χ2v) is 6.79. The van der Waals surface area contributed by atoms with Gasteiger partial charge in [-0.1, -0.05) is 48.2 Å². The fourth-order valence-corrected chi connectivity index (χ4v) is 3.45. The Bertz CT molecular complexity index is 1110. The van der Waals surface area contributed by atoms with E-state index in [1.807, 2.05) is 36.6 Å². The van der Waals surface area contributed by atoms with E-state index in [0.717, 1.165) is 0 Å². The summed E-state index contributed by atoms with van der Waals surface area (Å²) in [6.45, 7) is -0.475. The van der Waals surface area contributed by atoms with Crippen LogP contribution in [0.4, 0.5) is 0 Å². The lowest BCUT2D eigenvalue weighted by molar-refractivity contribution is -0.139. The molecule has 2 aliphatic heterocycles. The number of carbonyl (C=O) groups is 2. The Morgan fingerprint density at radius 3 is 2.79 bits per heavy atom. The lowest BCUT2D eigenvalue weighted by Gasteiger charge is -2.34. The number of hydrogen-bond donors (Lipinski definition) is 2. The van der Waals surface area contributed by atoms with Crippen molar-refractivity contribution >= 4 is 34.5 Å². The average Bonchev–Trinajstić information content (AvgIpc) is 2.71. The van der Waals surface area contributed by atoms with Gasteiger partial charge in [-0.3, -0.25) is 15.1 Å². The number of ether oxygens (including phenoxy) is 1. The fourth-order valence-electron chi connectivity index (χ4n) is 3.09. The maximum atomic E-state index is 12.8. The third-order valence-electron chi connectivity index (χ3n) is 4.26. The third kappa shape index (κ3) is 3.20. The summed E-state index contributed by atoms with van der Waals surface area (Å²) in [5, 5.41) is 19.6. The van der Waals surface area contributed by atoms with Gasteiger partial charge in [-0.2, -0.15) is 0 Å². The normalized spacial score (nSPS) is 17.7. The largest absolute Gasteiger partial charge is 0.481 e. The van der Waals surface area contributed by atoms with Crippen LogP contribution in [0.1, 0.15) is 11.7 Å². The molecule has 2 N–H and O–H groups in total. The minimum atomic E-state index is -1.08. The van der Waals surface area contributed by atoms with Crippen molar-refractivity contribution in [2.45, 2.75) is 6.17 Å². The smallest absolute Gasteiger partial charge is 0.341 e. The van der Waals surface area contributed by atoms with Crippen LogP contribution in [0.5, 0.6) is 5.75 Å². The number of rotatable bonds is 4. The van der Waals surface area contributed by atoms with Gasteiger partial charge in [0.05, 0.1) is 5.36 Å². The Balaban J connectivity index is 1.90. The number of nitrogens with one attached hydrogen (secondary N) is 1. The molecule has 8 nitrogen and oxygen atoms in total. The van der Waals surface area contributed by atoms with Crippen LogP contribution in [-0.4, -0.2) is 40.0 Å². The van der Waals surface area contributed by atoms with E-state index >= 15 is 0 Å². The number of amidine groups is 1. The van der Waals surface area contributed by atoms with Crippen molar-refractivity contribution in [1.29, 1.82) is 0 Å². The number of fused-ring (bicyclic) bond motifs is 2. The Morgan fingerprint density at radius 2 is 2.00 bits per heavy atom. The van der Waals surface area contributed by atoms with Gasteiger partial charge in [0.25, 0.3) is 5.91 Å². The highest BCUT2D eigenvalue weighted by molar-refractivity contribution is 8.13. The topological polar surface area (TPSA) is 104 Å². The zero-order valence-electron chi connectivity index (χ0n) is 14.8. The van der Waals surface area contributed by atoms with Crippen LogP contribution in [0.3, 0.4) is 0 Å². The maximum absolute atomic E-state index is 12.8. The number of hydrazone groups is 1. The van der Waals surface area contributed by atoms with Crippen molar-refractivity contribution in [2.24, 2.45) is 10.1 Å². The highest BCUT2D eigenvalue weighted by atomic mass is 32.2. The molecule has 1 atom stereocenters. The van der Waals surface area contributed by atoms with E-state index in [1.165, 1.54) is 11.8 Å². The van der Waals surface area contributed by atoms with Crippen molar-refractivity contribution in [3.63, 3.8) is 0 Å². The van der Waals surface area contributed by atoms with Gasteiger partial charge in [0.15, 0.2) is 17.9 Å². The Labute approximate surface area is 164 Å². The van der Waals surface area contributed by atoms with Crippen LogP contribution in [0.15, 0.2) is 58.6 Å². The highest BCUT2D eigenvalue weighted by Crippen LogP contribution is 2.35. The lowest BCUT2D eigenvalue weighted by atomic mass is 10.1. The SMILES string of the molecule is CSC1=NN2C(=c3ccccc3=NC2c2ccccc2OCC(=O)O)C(=O)N1. The second kappa shape index (κ2) is 7.35. The number of hydrogen-bond acceptors (Lipinski definition) is 7. The molecule has 142 valence electrons. The Morgan fingerprint density at radius 1 is 1.25 bits per heavy atom. The van der Waals surface area contributed by atoms with Crippen LogP contribution in [0, 0.1) is 0 Å². The van der Waals surface area contributed by atoms with E-state index in [4.69, 9.17) is 14.8 Å². The summed E-state index contributed by atoms with van der Waals surface area (Å²) in [6, 6.07) is 14.4. The molecule has 28 heavy (non-hydrogen) atoms. The molecule has 2 aromatic rings. The number of aliphatic carboxylic acids is 1. The molecule has 0 radical (unpaired) electrons. The number of para-hydroxylation sites is 2. The van der Waals surface area contributed by atoms with Gasteiger partial charge < -0.3 is 9.84 Å². The minimum absolute atomic E-state index is 0.268. The molecule has 0 saturated heterocycles. The van der Waals surface area contributed by atoms with Crippen LogP contribution in [0.2, 0.25) is 0 Å². The number of benzene rings is 2. The molecular formula is C19H16N4O4S. The second-order valence-electron chi connectivity index (χ2n) is 6.00. The first-order valence-electron chi connectivity index (χ1n) is 8.42. The molecule has 0 spiro atoms. The quantitative estimate of drug-likeness (QED) is 0.787. The van der Waals surface area contributed by atoms with Gasteiger partial charge in [-0.25, -0.2) is 9.80 Å². The molecule has 9 heteroatoms. The first-order valence-corrected chi connectivity index (χ1v) is 9.65. The van der Waals surface area contributed by atoms with E-state index in [9.17, 15) is 9.59 Å². The van der Waals surface area contributed by atoms with Gasteiger partial charge in [0.1, 0.15) is 11.4 Å². The Kier molecular flexibility index (Phi) is 4.74. The zero-order valence-corrected chi connectivity index (χ0v) is 15.6. The number of carboxylic acid groups (broad SMARTS) is 1. The number of thioether (sulfide) groups is 1. The van der Waals surface area contributed by atoms with Crippen LogP contribution in [0.25, 0.3) is 5.70 Å². The maximum Gasteiger partial charge on any atom is 0.341 e. The molecule has 0 saturated carbocycles. The van der Waals surface area contributed by atoms with E-state index in [1.54, 1.807) is 23.2 Å². The first-order chi connectivity index (χ1) is 13.6. The molecular weight excluding hydrogens is 380 g/mol. The molecule has 2 aliphatic rings. The third-order valence-corrected chi connectivity index (χ3v) is 4.83. The molecule has 0 aromatic heterocycles. The van der Waals surface area contributed by atoms with Crippen LogP contribution >= 0.6 is 11.8 Å². The van der Waals surface area contributed by atoms with E-state index in [2.05, 4.69) is 10.4 Å². The lowest BCUT2D eigenvalue weighted by Crippen LogP contribution is -2.50. The van der Waals surface area contributed by atoms with Crippen molar-refractivity contribution in [1.82, 2.24) is 10.3 Å². The highest BCUT2D eigenvalue weighted by Gasteiger charge is 2.35. The molecule has 2 heterocycles. The molecule has 2 aromatic carbocycles. The van der Waals surface area contributed by atoms with Crippen LogP contribution < -0.4 is 20.6 Å². The van der Waals surface area contributed by atoms with E-state index in [0.29, 0.717) is 32.8 Å². The predicted molar refractivity (Wildman–Crippen MR) is 104 cm³/mol. The minimum Gasteiger partial charge on any atom is -0.481 e. The van der Waals surface area contributed by atoms with Gasteiger partial charge in [-0.05, 0) is 18.4 Å². The van der Waals surface area contributed by atoms with Crippen molar-refractivity contribution in [3.8, 4) is 5.75 Å². The molecule has 1 amide bonds. The zero-order chi connectivity index (χ0) is 19.7. The predicted octanol–water partition coefficient (Wildman–Crippen LogP) is 0.656. The molecule has 0 aliphatic carbocycles. The van der Waals surface area contributed by atoms with E-state index in [-0.39, 0.29) is 5.91 Å². The Hall–Kier alpha value is -3.33. The number of nitrogens with zero attached hydrogens (tertiary/aromatic N) is 3. The van der Waals surface area contributed by atoms with Gasteiger partial charge in [0, 0.05) is 10.8 Å². The monoisotopic (exact) mass is 396 g/mol. The summed E-state index contributed by atoms with van der Waals surface area (Å²) in [5.74, 6) is -0.965. The summed E-state index contributed by atoms with van der Waals surface area (Å²) in [6.07, 6.45) is 1.15. The average molecular weight is 396 g/mol. The van der Waals surface area contributed by atoms with Crippen LogP contribution in [-0.2, 0) is 9.59 Å². The van der Waals surface area contributed by atoms with Crippen molar-refractivity contribution in [3.05, 3.63) is 64.7 Å². The summed E-state index contributed by atoms with van der Waals surface area (Å²) in [7, 11) is 0. The summed E-state index contributed by atoms with van der Waals surface area (Å²) >= 11 is 1.31. The van der Waals surface area contributed by atoms with E-state index < -0.39 is 18.7 Å². The summed E-state index contributed by atoms with van der Waals surface area (Å²) in [4.78, 5) is 28.5.